The number of hydrogen-bond acceptors (Lipinski definition) is 8. The Labute approximate surface area is 209 Å². The molecule has 0 bridgehead atoms. The normalized spacial score (nSPS) is 10.8. The molecular weight excluding hydrogens is 528 g/mol. The highest BCUT2D eigenvalue weighted by Gasteiger charge is 2.20. The van der Waals surface area contributed by atoms with E-state index in [0.717, 1.165) is 21.5 Å². The van der Waals surface area contributed by atoms with Crippen molar-refractivity contribution in [1.29, 1.82) is 0 Å². The van der Waals surface area contributed by atoms with Gasteiger partial charge < -0.3 is 19.4 Å². The van der Waals surface area contributed by atoms with E-state index in [2.05, 4.69) is 31.4 Å². The second-order valence-corrected chi connectivity index (χ2v) is 9.75. The van der Waals surface area contributed by atoms with E-state index in [9.17, 15) is 9.59 Å². The smallest absolute Gasteiger partial charge is 0.341 e. The molecule has 176 valence electrons. The molecule has 1 amide bonds. The number of aryl methyl sites for hydroxylation is 1. The van der Waals surface area contributed by atoms with Crippen LogP contribution in [0.1, 0.15) is 41.8 Å². The van der Waals surface area contributed by atoms with Gasteiger partial charge in [0, 0.05) is 15.9 Å². The van der Waals surface area contributed by atoms with Crippen molar-refractivity contribution in [1.82, 2.24) is 14.8 Å². The average molecular weight is 554 g/mol. The lowest BCUT2D eigenvalue weighted by Crippen LogP contribution is -2.16. The molecule has 0 aliphatic carbocycles. The summed E-state index contributed by atoms with van der Waals surface area (Å²) in [6.45, 7) is 6.93. The van der Waals surface area contributed by atoms with Crippen LogP contribution in [0.2, 0.25) is 0 Å². The zero-order valence-electron chi connectivity index (χ0n) is 18.6. The van der Waals surface area contributed by atoms with Gasteiger partial charge in [0.2, 0.25) is 5.91 Å². The van der Waals surface area contributed by atoms with E-state index >= 15 is 0 Å². The number of thiophene rings is 1. The minimum absolute atomic E-state index is 0.132. The van der Waals surface area contributed by atoms with Gasteiger partial charge in [-0.3, -0.25) is 4.79 Å². The second kappa shape index (κ2) is 12.2. The number of nitrogens with one attached hydrogen (secondary N) is 1. The molecular formula is C22H25BrN4O4S2. The van der Waals surface area contributed by atoms with Gasteiger partial charge in [-0.25, -0.2) is 4.79 Å². The number of nitrogens with zero attached hydrogens (tertiary/aromatic N) is 3. The first-order valence-corrected chi connectivity index (χ1v) is 13.1. The van der Waals surface area contributed by atoms with E-state index in [1.807, 2.05) is 42.7 Å². The molecule has 0 saturated heterocycles. The van der Waals surface area contributed by atoms with Crippen LogP contribution in [0.15, 0.2) is 40.0 Å². The van der Waals surface area contributed by atoms with Gasteiger partial charge in [-0.2, -0.15) is 0 Å². The number of anilines is 1. The summed E-state index contributed by atoms with van der Waals surface area (Å²) in [5, 5.41) is 12.4. The lowest BCUT2D eigenvalue weighted by molar-refractivity contribution is -0.113. The third-order valence-electron chi connectivity index (χ3n) is 4.50. The largest absolute Gasteiger partial charge is 0.486 e. The molecule has 2 heterocycles. The Bertz CT molecular complexity index is 1100. The summed E-state index contributed by atoms with van der Waals surface area (Å²) >= 11 is 6.07. The number of halogens is 1. The van der Waals surface area contributed by atoms with Crippen molar-refractivity contribution in [3.63, 3.8) is 0 Å². The van der Waals surface area contributed by atoms with Crippen molar-refractivity contribution in [2.75, 3.05) is 17.7 Å². The van der Waals surface area contributed by atoms with E-state index in [4.69, 9.17) is 9.47 Å². The molecule has 0 fully saturated rings. The number of benzene rings is 1. The minimum Gasteiger partial charge on any atom is -0.486 e. The van der Waals surface area contributed by atoms with Gasteiger partial charge in [-0.05, 0) is 50.6 Å². The van der Waals surface area contributed by atoms with Gasteiger partial charge in [-0.1, -0.05) is 34.6 Å². The van der Waals surface area contributed by atoms with E-state index in [1.165, 1.54) is 23.1 Å². The number of amides is 1. The summed E-state index contributed by atoms with van der Waals surface area (Å²) in [5.74, 6) is 0.884. The minimum atomic E-state index is -0.433. The number of ether oxygens (including phenoxy) is 2. The first kappa shape index (κ1) is 25.3. The third kappa shape index (κ3) is 6.81. The zero-order valence-corrected chi connectivity index (χ0v) is 21.8. The Morgan fingerprint density at radius 3 is 2.61 bits per heavy atom. The molecule has 0 aliphatic heterocycles. The van der Waals surface area contributed by atoms with Gasteiger partial charge in [0.15, 0.2) is 11.0 Å². The SMILES string of the molecule is CCOC(=O)c1cc(CC)sc1NC(=O)CSc1nnc(COc2ccc(Br)cc2)n1CC. The summed E-state index contributed by atoms with van der Waals surface area (Å²) in [5.41, 5.74) is 0.390. The lowest BCUT2D eigenvalue weighted by Gasteiger charge is -2.09. The van der Waals surface area contributed by atoms with E-state index in [-0.39, 0.29) is 24.9 Å². The van der Waals surface area contributed by atoms with Crippen molar-refractivity contribution in [3.05, 3.63) is 51.1 Å². The Hall–Kier alpha value is -2.37. The first-order chi connectivity index (χ1) is 15.9. The van der Waals surface area contributed by atoms with Crippen LogP contribution in [0.4, 0.5) is 5.00 Å². The van der Waals surface area contributed by atoms with Crippen LogP contribution in [-0.2, 0) is 29.1 Å². The van der Waals surface area contributed by atoms with E-state index in [0.29, 0.717) is 28.1 Å². The Kier molecular flexibility index (Phi) is 9.33. The van der Waals surface area contributed by atoms with Gasteiger partial charge in [0.05, 0.1) is 17.9 Å². The van der Waals surface area contributed by atoms with E-state index < -0.39 is 5.97 Å². The van der Waals surface area contributed by atoms with E-state index in [1.54, 1.807) is 13.0 Å². The predicted octanol–water partition coefficient (Wildman–Crippen LogP) is 5.17. The maximum Gasteiger partial charge on any atom is 0.341 e. The molecule has 0 saturated carbocycles. The molecule has 3 aromatic rings. The number of esters is 1. The van der Waals surface area contributed by atoms with Gasteiger partial charge in [0.1, 0.15) is 17.4 Å². The fourth-order valence-electron chi connectivity index (χ4n) is 2.89. The molecule has 0 atom stereocenters. The molecule has 2 aromatic heterocycles. The monoisotopic (exact) mass is 552 g/mol. The highest BCUT2D eigenvalue weighted by Crippen LogP contribution is 2.30. The molecule has 0 aliphatic rings. The second-order valence-electron chi connectivity index (χ2n) is 6.75. The molecule has 0 radical (unpaired) electrons. The molecule has 1 N–H and O–H groups in total. The van der Waals surface area contributed by atoms with Crippen molar-refractivity contribution in [3.8, 4) is 5.75 Å². The van der Waals surface area contributed by atoms with Crippen molar-refractivity contribution >= 4 is 55.9 Å². The third-order valence-corrected chi connectivity index (χ3v) is 7.19. The Balaban J connectivity index is 1.61. The van der Waals surface area contributed by atoms with Crippen LogP contribution < -0.4 is 10.1 Å². The standard InChI is InChI=1S/C22H25BrN4O4S2/c1-4-16-11-17(21(29)30-6-3)20(33-16)24-19(28)13-32-22-26-25-18(27(22)5-2)12-31-15-9-7-14(23)8-10-15/h7-11H,4-6,12-13H2,1-3H3,(H,24,28). The summed E-state index contributed by atoms with van der Waals surface area (Å²) in [6.07, 6.45) is 0.770. The number of aromatic nitrogens is 3. The maximum atomic E-state index is 12.6. The fraction of sp³-hybridized carbons (Fsp3) is 0.364. The van der Waals surface area contributed by atoms with Crippen LogP contribution in [0.5, 0.6) is 5.75 Å². The quantitative estimate of drug-likeness (QED) is 0.259. The van der Waals surface area contributed by atoms with Crippen LogP contribution in [0, 0.1) is 0 Å². The summed E-state index contributed by atoms with van der Waals surface area (Å²) in [6, 6.07) is 9.33. The topological polar surface area (TPSA) is 95.3 Å². The molecule has 11 heteroatoms. The molecule has 0 spiro atoms. The average Bonchev–Trinajstić information content (AvgIpc) is 3.40. The first-order valence-electron chi connectivity index (χ1n) is 10.5. The van der Waals surface area contributed by atoms with Crippen molar-refractivity contribution in [2.45, 2.75) is 45.5 Å². The number of carbonyl (C=O) groups excluding carboxylic acids is 2. The summed E-state index contributed by atoms with van der Waals surface area (Å²) in [7, 11) is 0. The highest BCUT2D eigenvalue weighted by molar-refractivity contribution is 9.10. The highest BCUT2D eigenvalue weighted by atomic mass is 79.9. The molecule has 0 unspecified atom stereocenters. The van der Waals surface area contributed by atoms with Gasteiger partial charge in [0.25, 0.3) is 0 Å². The van der Waals surface area contributed by atoms with Crippen molar-refractivity contribution in [2.24, 2.45) is 0 Å². The number of hydrogen-bond donors (Lipinski definition) is 1. The summed E-state index contributed by atoms with van der Waals surface area (Å²) in [4.78, 5) is 25.8. The number of thioether (sulfide) groups is 1. The van der Waals surface area contributed by atoms with Crippen LogP contribution in [-0.4, -0.2) is 39.0 Å². The number of carbonyl (C=O) groups is 2. The zero-order chi connectivity index (χ0) is 23.8. The Morgan fingerprint density at radius 2 is 1.94 bits per heavy atom. The molecule has 8 nitrogen and oxygen atoms in total. The fourth-order valence-corrected chi connectivity index (χ4v) is 4.98. The van der Waals surface area contributed by atoms with Crippen LogP contribution in [0.3, 0.4) is 0 Å². The molecule has 33 heavy (non-hydrogen) atoms. The van der Waals surface area contributed by atoms with Crippen LogP contribution >= 0.6 is 39.0 Å². The molecule has 3 rings (SSSR count). The van der Waals surface area contributed by atoms with Gasteiger partial charge >= 0.3 is 5.97 Å². The lowest BCUT2D eigenvalue weighted by atomic mass is 10.2. The van der Waals surface area contributed by atoms with Gasteiger partial charge in [-0.15, -0.1) is 21.5 Å². The summed E-state index contributed by atoms with van der Waals surface area (Å²) < 4.78 is 13.8. The van der Waals surface area contributed by atoms with Crippen molar-refractivity contribution < 1.29 is 19.1 Å². The predicted molar refractivity (Wildman–Crippen MR) is 133 cm³/mol. The Morgan fingerprint density at radius 1 is 1.18 bits per heavy atom. The van der Waals surface area contributed by atoms with Crippen LogP contribution in [0.25, 0.3) is 0 Å². The molecule has 1 aromatic carbocycles. The maximum absolute atomic E-state index is 12.6. The number of rotatable bonds is 11.